The second-order valence-corrected chi connectivity index (χ2v) is 10.2. The molecular weight excluding hydrogens is 530 g/mol. The molecule has 2 N–H and O–H groups in total. The van der Waals surface area contributed by atoms with E-state index in [4.69, 9.17) is 4.42 Å². The fourth-order valence-electron chi connectivity index (χ4n) is 3.59. The minimum atomic E-state index is -3.86. The van der Waals surface area contributed by atoms with Crippen LogP contribution in [0.25, 0.3) is 22.4 Å². The van der Waals surface area contributed by atoms with Gasteiger partial charge >= 0.3 is 0 Å². The molecule has 7 nitrogen and oxygen atoms in total. The summed E-state index contributed by atoms with van der Waals surface area (Å²) in [6, 6.07) is 25.3. The van der Waals surface area contributed by atoms with Crippen LogP contribution in [0.3, 0.4) is 0 Å². The Balaban J connectivity index is 1.45. The molecule has 0 aliphatic heterocycles. The summed E-state index contributed by atoms with van der Waals surface area (Å²) in [5, 5.41) is 3.48. The molecule has 5 rings (SSSR count). The molecule has 0 saturated heterocycles. The van der Waals surface area contributed by atoms with Crippen LogP contribution >= 0.6 is 15.9 Å². The van der Waals surface area contributed by atoms with E-state index >= 15 is 0 Å². The van der Waals surface area contributed by atoms with E-state index in [0.717, 1.165) is 4.47 Å². The molecule has 35 heavy (non-hydrogen) atoms. The molecular formula is C26H18BrN3O4S. The highest BCUT2D eigenvalue weighted by atomic mass is 79.9. The number of hydrogen-bond acceptors (Lipinski definition) is 5. The number of furan rings is 1. The van der Waals surface area contributed by atoms with E-state index in [1.807, 2.05) is 24.3 Å². The van der Waals surface area contributed by atoms with Crippen molar-refractivity contribution in [2.75, 3.05) is 10.0 Å². The summed E-state index contributed by atoms with van der Waals surface area (Å²) in [6.07, 6.45) is 1.54. The number of halogens is 1. The predicted octanol–water partition coefficient (Wildman–Crippen LogP) is 6.31. The van der Waals surface area contributed by atoms with Gasteiger partial charge in [0, 0.05) is 21.2 Å². The summed E-state index contributed by atoms with van der Waals surface area (Å²) in [4.78, 5) is 17.9. The van der Waals surface area contributed by atoms with E-state index in [9.17, 15) is 13.2 Å². The zero-order chi connectivity index (χ0) is 24.4. The molecule has 0 aliphatic rings. The number of nitrogens with zero attached hydrogens (tertiary/aromatic N) is 1. The molecule has 0 radical (unpaired) electrons. The number of aromatic nitrogens is 1. The lowest BCUT2D eigenvalue weighted by atomic mass is 10.1. The summed E-state index contributed by atoms with van der Waals surface area (Å²) in [5.74, 6) is 0.142. The van der Waals surface area contributed by atoms with Crippen molar-refractivity contribution >= 4 is 54.1 Å². The Bertz CT molecular complexity index is 1630. The Morgan fingerprint density at radius 1 is 0.857 bits per heavy atom. The number of pyridine rings is 1. The minimum Gasteiger partial charge on any atom is -0.463 e. The largest absolute Gasteiger partial charge is 0.463 e. The Hall–Kier alpha value is -3.95. The summed E-state index contributed by atoms with van der Waals surface area (Å²) in [5.41, 5.74) is 2.32. The Kier molecular flexibility index (Phi) is 6.10. The van der Waals surface area contributed by atoms with Crippen molar-refractivity contribution in [3.8, 4) is 11.5 Å². The van der Waals surface area contributed by atoms with Crippen molar-refractivity contribution in [2.45, 2.75) is 4.90 Å². The van der Waals surface area contributed by atoms with Crippen LogP contribution in [0.5, 0.6) is 0 Å². The lowest BCUT2D eigenvalue weighted by Crippen LogP contribution is -2.15. The van der Waals surface area contributed by atoms with E-state index in [2.05, 4.69) is 31.0 Å². The second-order valence-electron chi connectivity index (χ2n) is 7.64. The molecule has 1 amide bonds. The molecule has 0 aliphatic carbocycles. The fraction of sp³-hybridized carbons (Fsp3) is 0. The second kappa shape index (κ2) is 9.36. The number of anilines is 2. The van der Waals surface area contributed by atoms with Gasteiger partial charge in [0.25, 0.3) is 15.9 Å². The molecule has 3 aromatic carbocycles. The van der Waals surface area contributed by atoms with Crippen LogP contribution in [-0.4, -0.2) is 19.3 Å². The van der Waals surface area contributed by atoms with Gasteiger partial charge in [-0.05, 0) is 66.7 Å². The molecule has 0 bridgehead atoms. The van der Waals surface area contributed by atoms with Gasteiger partial charge in [0.15, 0.2) is 5.76 Å². The fourth-order valence-corrected chi connectivity index (χ4v) is 4.95. The van der Waals surface area contributed by atoms with Gasteiger partial charge in [-0.2, -0.15) is 0 Å². The van der Waals surface area contributed by atoms with Gasteiger partial charge in [0.1, 0.15) is 5.69 Å². The van der Waals surface area contributed by atoms with Crippen molar-refractivity contribution in [3.63, 3.8) is 0 Å². The standard InChI is InChI=1S/C26H18BrN3O4S/c27-17-10-12-18(13-11-17)30-35(32,33)20-6-3-5-19(15-20)28-26(31)22-16-24(25-9-4-14-34-25)29-23-8-2-1-7-21(22)23/h1-16,30H,(H,28,31). The number of fused-ring (bicyclic) bond motifs is 1. The molecule has 0 spiro atoms. The highest BCUT2D eigenvalue weighted by Gasteiger charge is 2.18. The lowest BCUT2D eigenvalue weighted by molar-refractivity contribution is 0.102. The summed E-state index contributed by atoms with van der Waals surface area (Å²) in [7, 11) is -3.86. The average molecular weight is 548 g/mol. The Labute approximate surface area is 210 Å². The van der Waals surface area contributed by atoms with E-state index in [0.29, 0.717) is 39.3 Å². The van der Waals surface area contributed by atoms with E-state index in [1.54, 1.807) is 60.9 Å². The minimum absolute atomic E-state index is 0.0223. The Morgan fingerprint density at radius 2 is 1.66 bits per heavy atom. The number of carbonyl (C=O) groups is 1. The third-order valence-electron chi connectivity index (χ3n) is 5.23. The van der Waals surface area contributed by atoms with E-state index in [-0.39, 0.29) is 4.90 Å². The maximum Gasteiger partial charge on any atom is 0.261 e. The number of sulfonamides is 1. The first-order valence-corrected chi connectivity index (χ1v) is 12.8. The highest BCUT2D eigenvalue weighted by molar-refractivity contribution is 9.10. The normalized spacial score (nSPS) is 11.3. The maximum atomic E-state index is 13.3. The summed E-state index contributed by atoms with van der Waals surface area (Å²) < 4.78 is 34.6. The zero-order valence-corrected chi connectivity index (χ0v) is 20.5. The molecule has 0 atom stereocenters. The number of amides is 1. The van der Waals surface area contributed by atoms with Crippen molar-refractivity contribution in [1.82, 2.24) is 4.98 Å². The van der Waals surface area contributed by atoms with Crippen LogP contribution < -0.4 is 10.0 Å². The molecule has 5 aromatic rings. The first-order valence-electron chi connectivity index (χ1n) is 10.5. The van der Waals surface area contributed by atoms with Gasteiger partial charge in [-0.3, -0.25) is 9.52 Å². The summed E-state index contributed by atoms with van der Waals surface area (Å²) >= 11 is 3.33. The van der Waals surface area contributed by atoms with E-state index in [1.165, 1.54) is 12.1 Å². The maximum absolute atomic E-state index is 13.3. The number of nitrogens with one attached hydrogen (secondary N) is 2. The zero-order valence-electron chi connectivity index (χ0n) is 18.1. The van der Waals surface area contributed by atoms with Gasteiger partial charge in [0.05, 0.1) is 22.2 Å². The number of benzene rings is 3. The third-order valence-corrected chi connectivity index (χ3v) is 7.14. The van der Waals surface area contributed by atoms with E-state index < -0.39 is 15.9 Å². The summed E-state index contributed by atoms with van der Waals surface area (Å²) in [6.45, 7) is 0. The van der Waals surface area contributed by atoms with Crippen molar-refractivity contribution in [1.29, 1.82) is 0 Å². The quantitative estimate of drug-likeness (QED) is 0.259. The lowest BCUT2D eigenvalue weighted by Gasteiger charge is -2.12. The van der Waals surface area contributed by atoms with Gasteiger partial charge in [0.2, 0.25) is 0 Å². The SMILES string of the molecule is O=C(Nc1cccc(S(=O)(=O)Nc2ccc(Br)cc2)c1)c1cc(-c2ccco2)nc2ccccc12. The predicted molar refractivity (Wildman–Crippen MR) is 139 cm³/mol. The molecule has 2 heterocycles. The average Bonchev–Trinajstić information content (AvgIpc) is 3.40. The highest BCUT2D eigenvalue weighted by Crippen LogP contribution is 2.27. The van der Waals surface area contributed by atoms with Crippen molar-refractivity contribution < 1.29 is 17.6 Å². The first-order chi connectivity index (χ1) is 16.9. The van der Waals surface area contributed by atoms with Crippen LogP contribution in [0.4, 0.5) is 11.4 Å². The van der Waals surface area contributed by atoms with Gasteiger partial charge in [-0.1, -0.05) is 40.2 Å². The molecule has 0 fully saturated rings. The van der Waals surface area contributed by atoms with Crippen LogP contribution in [0, 0.1) is 0 Å². The number of para-hydroxylation sites is 1. The van der Waals surface area contributed by atoms with Crippen molar-refractivity contribution in [2.24, 2.45) is 0 Å². The molecule has 0 saturated carbocycles. The van der Waals surface area contributed by atoms with Crippen LogP contribution in [0.15, 0.2) is 111 Å². The molecule has 9 heteroatoms. The first kappa shape index (κ1) is 22.8. The number of rotatable bonds is 6. The van der Waals surface area contributed by atoms with Crippen LogP contribution in [-0.2, 0) is 10.0 Å². The Morgan fingerprint density at radius 3 is 2.43 bits per heavy atom. The third kappa shape index (κ3) is 4.96. The van der Waals surface area contributed by atoms with Gasteiger partial charge < -0.3 is 9.73 Å². The number of hydrogen-bond donors (Lipinski definition) is 2. The smallest absolute Gasteiger partial charge is 0.261 e. The molecule has 174 valence electrons. The monoisotopic (exact) mass is 547 g/mol. The number of carbonyl (C=O) groups excluding carboxylic acids is 1. The van der Waals surface area contributed by atoms with Crippen LogP contribution in [0.2, 0.25) is 0 Å². The van der Waals surface area contributed by atoms with Gasteiger partial charge in [-0.15, -0.1) is 0 Å². The van der Waals surface area contributed by atoms with Crippen LogP contribution in [0.1, 0.15) is 10.4 Å². The molecule has 0 unspecified atom stereocenters. The topological polar surface area (TPSA) is 101 Å². The van der Waals surface area contributed by atoms with Crippen molar-refractivity contribution in [3.05, 3.63) is 107 Å². The molecule has 2 aromatic heterocycles. The van der Waals surface area contributed by atoms with Gasteiger partial charge in [-0.25, -0.2) is 13.4 Å².